The molecular weight excluding hydrogens is 379 g/mol. The van der Waals surface area contributed by atoms with Crippen molar-refractivity contribution in [2.24, 2.45) is 14.1 Å². The molecule has 10 heteroatoms. The molecule has 0 spiro atoms. The van der Waals surface area contributed by atoms with Crippen molar-refractivity contribution in [1.82, 2.24) is 19.6 Å². The van der Waals surface area contributed by atoms with Gasteiger partial charge in [0, 0.05) is 42.7 Å². The van der Waals surface area contributed by atoms with Gasteiger partial charge < -0.3 is 5.73 Å². The minimum Gasteiger partial charge on any atom is -0.399 e. The van der Waals surface area contributed by atoms with E-state index in [-0.39, 0.29) is 5.69 Å². The van der Waals surface area contributed by atoms with Gasteiger partial charge in [-0.25, -0.2) is 0 Å². The molecule has 0 radical (unpaired) electrons. The number of nitrogens with zero attached hydrogens (tertiary/aromatic N) is 5. The van der Waals surface area contributed by atoms with Gasteiger partial charge in [0.2, 0.25) is 0 Å². The number of hydrogen-bond acceptors (Lipinski definition) is 5. The summed E-state index contributed by atoms with van der Waals surface area (Å²) in [5.41, 5.74) is 7.89. The predicted octanol–water partition coefficient (Wildman–Crippen LogP) is 3.94. The zero-order chi connectivity index (χ0) is 19.0. The molecule has 0 saturated carbocycles. The van der Waals surface area contributed by atoms with Crippen LogP contribution in [0.25, 0.3) is 21.8 Å². The summed E-state index contributed by atoms with van der Waals surface area (Å²) >= 11 is 11.9. The Morgan fingerprint density at radius 3 is 2.00 bits per heavy atom. The molecule has 134 valence electrons. The van der Waals surface area contributed by atoms with E-state index in [0.29, 0.717) is 26.6 Å². The summed E-state index contributed by atoms with van der Waals surface area (Å²) < 4.78 is 3.32. The first-order valence-electron chi connectivity index (χ1n) is 7.40. The largest absolute Gasteiger partial charge is 0.399 e. The second-order valence-electron chi connectivity index (χ2n) is 5.60. The van der Waals surface area contributed by atoms with Crippen molar-refractivity contribution in [1.29, 1.82) is 0 Å². The fourth-order valence-electron chi connectivity index (χ4n) is 2.65. The fraction of sp³-hybridized carbons (Fsp3) is 0.125. The zero-order valence-electron chi connectivity index (χ0n) is 13.8. The number of hydrogen-bond donors (Lipinski definition) is 1. The van der Waals surface area contributed by atoms with Crippen LogP contribution in [0.2, 0.25) is 10.0 Å². The van der Waals surface area contributed by atoms with E-state index in [4.69, 9.17) is 28.9 Å². The molecule has 2 aromatic heterocycles. The van der Waals surface area contributed by atoms with Gasteiger partial charge in [0.05, 0.1) is 38.4 Å². The molecule has 26 heavy (non-hydrogen) atoms. The van der Waals surface area contributed by atoms with Crippen LogP contribution in [0.1, 0.15) is 0 Å². The van der Waals surface area contributed by atoms with E-state index in [9.17, 15) is 10.1 Å². The minimum atomic E-state index is -0.474. The Bertz CT molecular complexity index is 1130. The maximum absolute atomic E-state index is 10.5. The highest BCUT2D eigenvalue weighted by molar-refractivity contribution is 6.35. The molecule has 8 nitrogen and oxygen atoms in total. The number of halogens is 2. The third-order valence-corrected chi connectivity index (χ3v) is 4.37. The summed E-state index contributed by atoms with van der Waals surface area (Å²) in [5.74, 6) is 0. The molecule has 0 aliphatic rings. The molecule has 0 saturated heterocycles. The van der Waals surface area contributed by atoms with Crippen molar-refractivity contribution in [2.45, 2.75) is 0 Å². The molecule has 0 aliphatic carbocycles. The van der Waals surface area contributed by atoms with Crippen molar-refractivity contribution >= 4 is 56.4 Å². The van der Waals surface area contributed by atoms with Crippen LogP contribution in [0.3, 0.4) is 0 Å². The average molecular weight is 393 g/mol. The number of nitro groups is 1. The van der Waals surface area contributed by atoms with Gasteiger partial charge in [0.25, 0.3) is 5.69 Å². The summed E-state index contributed by atoms with van der Waals surface area (Å²) in [6.45, 7) is 0. The number of benzene rings is 2. The van der Waals surface area contributed by atoms with E-state index in [2.05, 4.69) is 10.2 Å². The lowest BCUT2D eigenvalue weighted by Crippen LogP contribution is -1.91. The smallest absolute Gasteiger partial charge is 0.271 e. The number of fused-ring (bicyclic) bond motifs is 2. The van der Waals surface area contributed by atoms with Gasteiger partial charge in [-0.15, -0.1) is 0 Å². The van der Waals surface area contributed by atoms with E-state index in [1.165, 1.54) is 12.1 Å². The third-order valence-electron chi connectivity index (χ3n) is 3.79. The maximum Gasteiger partial charge on any atom is 0.271 e. The van der Waals surface area contributed by atoms with Gasteiger partial charge in [-0.3, -0.25) is 19.5 Å². The fourth-order valence-corrected chi connectivity index (χ4v) is 3.35. The summed E-state index contributed by atoms with van der Waals surface area (Å²) in [4.78, 5) is 10.0. The number of anilines is 1. The molecule has 0 fully saturated rings. The first-order valence-corrected chi connectivity index (χ1v) is 8.16. The maximum atomic E-state index is 10.5. The number of nitrogens with two attached hydrogens (primary N) is 1. The Morgan fingerprint density at radius 2 is 1.46 bits per heavy atom. The summed E-state index contributed by atoms with van der Waals surface area (Å²) in [5, 5.41) is 21.2. The number of aromatic nitrogens is 4. The summed E-state index contributed by atoms with van der Waals surface area (Å²) in [6, 6.07) is 6.36. The lowest BCUT2D eigenvalue weighted by molar-refractivity contribution is -0.384. The molecule has 4 rings (SSSR count). The van der Waals surface area contributed by atoms with E-state index in [1.54, 1.807) is 34.9 Å². The SMILES string of the molecule is Cn1ncc2cc(N)cc(Cl)c21.Cn1ncc2cc([N+](=O)[O-])cc(Cl)c21. The molecule has 2 aromatic carbocycles. The Labute approximate surface area is 157 Å². The summed E-state index contributed by atoms with van der Waals surface area (Å²) in [7, 11) is 3.59. The van der Waals surface area contributed by atoms with Crippen LogP contribution in [0.5, 0.6) is 0 Å². The van der Waals surface area contributed by atoms with Crippen molar-refractivity contribution in [3.63, 3.8) is 0 Å². The highest BCUT2D eigenvalue weighted by atomic mass is 35.5. The van der Waals surface area contributed by atoms with Crippen LogP contribution in [-0.4, -0.2) is 24.5 Å². The van der Waals surface area contributed by atoms with Crippen LogP contribution in [0.15, 0.2) is 36.7 Å². The second kappa shape index (κ2) is 6.81. The van der Waals surface area contributed by atoms with Crippen molar-refractivity contribution in [3.05, 3.63) is 56.8 Å². The van der Waals surface area contributed by atoms with Crippen LogP contribution < -0.4 is 5.73 Å². The van der Waals surface area contributed by atoms with Gasteiger partial charge in [0.1, 0.15) is 0 Å². The van der Waals surface area contributed by atoms with Gasteiger partial charge in [-0.05, 0) is 12.1 Å². The van der Waals surface area contributed by atoms with Gasteiger partial charge in [-0.2, -0.15) is 10.2 Å². The van der Waals surface area contributed by atoms with E-state index in [1.807, 2.05) is 13.1 Å². The molecule has 0 aliphatic heterocycles. The lowest BCUT2D eigenvalue weighted by atomic mass is 10.2. The van der Waals surface area contributed by atoms with Crippen molar-refractivity contribution in [3.8, 4) is 0 Å². The summed E-state index contributed by atoms with van der Waals surface area (Å²) in [6.07, 6.45) is 3.30. The van der Waals surface area contributed by atoms with Gasteiger partial charge in [-0.1, -0.05) is 23.2 Å². The predicted molar refractivity (Wildman–Crippen MR) is 103 cm³/mol. The highest BCUT2D eigenvalue weighted by Crippen LogP contribution is 2.28. The number of nitro benzene ring substituents is 1. The Balaban J connectivity index is 0.000000152. The molecule has 0 unspecified atom stereocenters. The molecule has 2 heterocycles. The standard InChI is InChI=1S/C8H6ClN3O2.C8H8ClN3/c1-11-8-5(4-10-11)2-6(12(13)14)3-7(8)9;1-12-8-5(4-11-12)2-6(10)3-7(8)9/h2-4H,1H3;2-4H,10H2,1H3. The highest BCUT2D eigenvalue weighted by Gasteiger charge is 2.12. The Kier molecular flexibility index (Phi) is 4.71. The molecule has 0 atom stereocenters. The number of aryl methyl sites for hydroxylation is 2. The quantitative estimate of drug-likeness (QED) is 0.300. The minimum absolute atomic E-state index is 0.0181. The van der Waals surface area contributed by atoms with Crippen molar-refractivity contribution < 1.29 is 4.92 Å². The Morgan fingerprint density at radius 1 is 0.962 bits per heavy atom. The molecule has 0 amide bonds. The number of non-ortho nitro benzene ring substituents is 1. The normalized spacial score (nSPS) is 10.8. The van der Waals surface area contributed by atoms with Crippen LogP contribution >= 0.6 is 23.2 Å². The monoisotopic (exact) mass is 392 g/mol. The topological polar surface area (TPSA) is 105 Å². The Hall–Kier alpha value is -2.84. The van der Waals surface area contributed by atoms with E-state index < -0.39 is 4.92 Å². The number of nitrogen functional groups attached to an aromatic ring is 1. The second-order valence-corrected chi connectivity index (χ2v) is 6.41. The number of rotatable bonds is 1. The van der Waals surface area contributed by atoms with Crippen molar-refractivity contribution in [2.75, 3.05) is 5.73 Å². The van der Waals surface area contributed by atoms with E-state index in [0.717, 1.165) is 10.9 Å². The molecular formula is C16H14Cl2N6O2. The third kappa shape index (κ3) is 3.29. The van der Waals surface area contributed by atoms with Crippen LogP contribution in [0.4, 0.5) is 11.4 Å². The zero-order valence-corrected chi connectivity index (χ0v) is 15.4. The van der Waals surface area contributed by atoms with E-state index >= 15 is 0 Å². The molecule has 4 aromatic rings. The van der Waals surface area contributed by atoms with Gasteiger partial charge >= 0.3 is 0 Å². The van der Waals surface area contributed by atoms with Crippen LogP contribution in [-0.2, 0) is 14.1 Å². The van der Waals surface area contributed by atoms with Crippen LogP contribution in [0, 0.1) is 10.1 Å². The first-order chi connectivity index (χ1) is 12.3. The first kappa shape index (κ1) is 18.0. The molecule has 2 N–H and O–H groups in total. The average Bonchev–Trinajstić information content (AvgIpc) is 3.11. The lowest BCUT2D eigenvalue weighted by Gasteiger charge is -1.98. The molecule has 0 bridgehead atoms. The van der Waals surface area contributed by atoms with Gasteiger partial charge in [0.15, 0.2) is 0 Å².